The monoisotopic (exact) mass is 486 g/mol. The van der Waals surface area contributed by atoms with Crippen LogP contribution in [0, 0.1) is 0 Å². The molecule has 1 amide bonds. The van der Waals surface area contributed by atoms with Crippen molar-refractivity contribution >= 4 is 50.0 Å². The quantitative estimate of drug-likeness (QED) is 0.577. The zero-order valence-corrected chi connectivity index (χ0v) is 19.2. The number of nitrogens with two attached hydrogens (primary N) is 1. The lowest BCUT2D eigenvalue weighted by Crippen LogP contribution is -2.52. The summed E-state index contributed by atoms with van der Waals surface area (Å²) in [6, 6.07) is 7.13. The van der Waals surface area contributed by atoms with E-state index in [1.165, 1.54) is 15.6 Å². The van der Waals surface area contributed by atoms with E-state index in [4.69, 9.17) is 21.5 Å². The first-order chi connectivity index (χ1) is 14.7. The van der Waals surface area contributed by atoms with Crippen LogP contribution in [-0.2, 0) is 19.7 Å². The van der Waals surface area contributed by atoms with E-state index in [1.54, 1.807) is 30.5 Å². The lowest BCUT2D eigenvalue weighted by Gasteiger charge is -2.32. The molecule has 1 fully saturated rings. The van der Waals surface area contributed by atoms with E-state index in [1.807, 2.05) is 11.0 Å². The fourth-order valence-corrected chi connectivity index (χ4v) is 5.12. The average molecular weight is 487 g/mol. The Balaban J connectivity index is 1.75. The van der Waals surface area contributed by atoms with Crippen LogP contribution in [0.3, 0.4) is 0 Å². The summed E-state index contributed by atoms with van der Waals surface area (Å²) in [4.78, 5) is 27.1. The third-order valence-electron chi connectivity index (χ3n) is 4.75. The molecule has 12 heteroatoms. The lowest BCUT2D eigenvalue weighted by molar-refractivity contribution is -0.117. The Hall–Kier alpha value is -2.02. The second-order valence-electron chi connectivity index (χ2n) is 6.82. The minimum Gasteiger partial charge on any atom is -0.462 e. The number of piperazine rings is 1. The van der Waals surface area contributed by atoms with Gasteiger partial charge < -0.3 is 10.1 Å². The second kappa shape index (κ2) is 10.1. The van der Waals surface area contributed by atoms with Crippen molar-refractivity contribution in [2.45, 2.75) is 6.92 Å². The topological polar surface area (TPSA) is 122 Å². The molecule has 9 nitrogen and oxygen atoms in total. The smallest absolute Gasteiger partial charge is 0.341 e. The van der Waals surface area contributed by atoms with Crippen LogP contribution in [0.4, 0.5) is 5.00 Å². The first-order valence-electron chi connectivity index (χ1n) is 9.54. The summed E-state index contributed by atoms with van der Waals surface area (Å²) in [7, 11) is -3.73. The standard InChI is InChI=1S/C19H23ClN4O5S2/c1-2-29-19(26)17-14(13-5-3-4-6-15(13)20)12-30-18(17)22-16(25)11-23-7-9-24(10-8-23)31(21,27)28/h3-6,12H,2,7-11H2,1H3,(H,22,25)(H2,21,27,28). The Labute approximate surface area is 189 Å². The molecule has 2 heterocycles. The largest absolute Gasteiger partial charge is 0.462 e. The van der Waals surface area contributed by atoms with E-state index < -0.39 is 16.2 Å². The first-order valence-corrected chi connectivity index (χ1v) is 12.3. The molecular weight excluding hydrogens is 464 g/mol. The molecule has 31 heavy (non-hydrogen) atoms. The summed E-state index contributed by atoms with van der Waals surface area (Å²) in [6.45, 7) is 3.15. The molecule has 0 aliphatic carbocycles. The van der Waals surface area contributed by atoms with Crippen LogP contribution in [0.2, 0.25) is 5.02 Å². The van der Waals surface area contributed by atoms with E-state index in [0.717, 1.165) is 0 Å². The van der Waals surface area contributed by atoms with Crippen LogP contribution >= 0.6 is 22.9 Å². The third-order valence-corrected chi connectivity index (χ3v) is 7.06. The lowest BCUT2D eigenvalue weighted by atomic mass is 10.0. The average Bonchev–Trinajstić information content (AvgIpc) is 3.11. The number of carbonyl (C=O) groups excluding carboxylic acids is 2. The van der Waals surface area contributed by atoms with Crippen LogP contribution in [0.25, 0.3) is 11.1 Å². The van der Waals surface area contributed by atoms with Gasteiger partial charge in [0.15, 0.2) is 0 Å². The molecule has 0 unspecified atom stereocenters. The minimum absolute atomic E-state index is 0.0556. The summed E-state index contributed by atoms with van der Waals surface area (Å²) in [6.07, 6.45) is 0. The van der Waals surface area contributed by atoms with Crippen molar-refractivity contribution in [3.63, 3.8) is 0 Å². The maximum absolute atomic E-state index is 12.6. The maximum atomic E-state index is 12.6. The molecule has 2 aromatic rings. The SMILES string of the molecule is CCOC(=O)c1c(-c2ccccc2Cl)csc1NC(=O)CN1CCN(S(N)(=O)=O)CC1. The summed E-state index contributed by atoms with van der Waals surface area (Å²) in [5, 5.41) is 10.5. The Bertz CT molecular complexity index is 1070. The fourth-order valence-electron chi connectivity index (χ4n) is 3.25. The van der Waals surface area contributed by atoms with E-state index >= 15 is 0 Å². The highest BCUT2D eigenvalue weighted by Crippen LogP contribution is 2.39. The Kier molecular flexibility index (Phi) is 7.68. The Morgan fingerprint density at radius 1 is 1.19 bits per heavy atom. The summed E-state index contributed by atoms with van der Waals surface area (Å²) < 4.78 is 29.2. The summed E-state index contributed by atoms with van der Waals surface area (Å²) in [5.74, 6) is -0.863. The predicted molar refractivity (Wildman–Crippen MR) is 120 cm³/mol. The number of nitrogens with zero attached hydrogens (tertiary/aromatic N) is 2. The number of carbonyl (C=O) groups is 2. The predicted octanol–water partition coefficient (Wildman–Crippen LogP) is 2.00. The number of ether oxygens (including phenoxy) is 1. The van der Waals surface area contributed by atoms with Gasteiger partial charge in [0.1, 0.15) is 10.6 Å². The van der Waals surface area contributed by atoms with Crippen molar-refractivity contribution in [3.05, 3.63) is 40.2 Å². The number of benzene rings is 1. The van der Waals surface area contributed by atoms with Crippen LogP contribution in [0.15, 0.2) is 29.6 Å². The number of halogens is 1. The van der Waals surface area contributed by atoms with E-state index in [-0.39, 0.29) is 37.7 Å². The van der Waals surface area contributed by atoms with Gasteiger partial charge in [-0.2, -0.15) is 12.7 Å². The third kappa shape index (κ3) is 5.82. The molecule has 3 N–H and O–H groups in total. The van der Waals surface area contributed by atoms with E-state index in [2.05, 4.69) is 5.32 Å². The van der Waals surface area contributed by atoms with Crippen molar-refractivity contribution < 1.29 is 22.7 Å². The molecule has 0 saturated carbocycles. The van der Waals surface area contributed by atoms with Gasteiger partial charge in [0.25, 0.3) is 10.2 Å². The number of hydrogen-bond donors (Lipinski definition) is 2. The van der Waals surface area contributed by atoms with Gasteiger partial charge in [-0.15, -0.1) is 11.3 Å². The van der Waals surface area contributed by atoms with Gasteiger partial charge in [0.2, 0.25) is 5.91 Å². The summed E-state index contributed by atoms with van der Waals surface area (Å²) >= 11 is 7.52. The highest BCUT2D eigenvalue weighted by molar-refractivity contribution is 7.86. The zero-order chi connectivity index (χ0) is 22.6. The number of rotatable bonds is 7. The molecule has 168 valence electrons. The van der Waals surface area contributed by atoms with Gasteiger partial charge in [0.05, 0.1) is 13.2 Å². The van der Waals surface area contributed by atoms with E-state index in [9.17, 15) is 18.0 Å². The minimum atomic E-state index is -3.73. The first kappa shape index (κ1) is 23.6. The van der Waals surface area contributed by atoms with Gasteiger partial charge in [-0.3, -0.25) is 9.69 Å². The molecule has 1 aliphatic rings. The van der Waals surface area contributed by atoms with Gasteiger partial charge in [-0.1, -0.05) is 29.8 Å². The van der Waals surface area contributed by atoms with Crippen LogP contribution < -0.4 is 10.5 Å². The molecule has 1 aromatic carbocycles. The highest BCUT2D eigenvalue weighted by atomic mass is 35.5. The number of thiophene rings is 1. The maximum Gasteiger partial charge on any atom is 0.341 e. The van der Waals surface area contributed by atoms with Gasteiger partial charge >= 0.3 is 5.97 Å². The van der Waals surface area contributed by atoms with Crippen LogP contribution in [0.1, 0.15) is 17.3 Å². The molecule has 0 radical (unpaired) electrons. The molecule has 1 saturated heterocycles. The highest BCUT2D eigenvalue weighted by Gasteiger charge is 2.27. The molecule has 1 aliphatic heterocycles. The molecule has 0 atom stereocenters. The normalized spacial score (nSPS) is 15.6. The molecule has 0 bridgehead atoms. The molecule has 1 aromatic heterocycles. The van der Waals surface area contributed by atoms with Gasteiger partial charge in [-0.05, 0) is 13.0 Å². The molecule has 0 spiro atoms. The molecule has 3 rings (SSSR count). The van der Waals surface area contributed by atoms with Gasteiger partial charge in [0, 0.05) is 47.7 Å². The molecular formula is C19H23ClN4O5S2. The fraction of sp³-hybridized carbons (Fsp3) is 0.368. The van der Waals surface area contributed by atoms with Gasteiger partial charge in [-0.25, -0.2) is 9.93 Å². The Morgan fingerprint density at radius 3 is 2.48 bits per heavy atom. The Morgan fingerprint density at radius 2 is 1.87 bits per heavy atom. The summed E-state index contributed by atoms with van der Waals surface area (Å²) in [5.41, 5.74) is 1.52. The van der Waals surface area contributed by atoms with Crippen molar-refractivity contribution in [2.24, 2.45) is 5.14 Å². The van der Waals surface area contributed by atoms with Crippen molar-refractivity contribution in [3.8, 4) is 11.1 Å². The number of nitrogens with one attached hydrogen (secondary N) is 1. The number of anilines is 1. The van der Waals surface area contributed by atoms with E-state index in [0.29, 0.717) is 34.2 Å². The number of esters is 1. The van der Waals surface area contributed by atoms with Crippen LogP contribution in [0.5, 0.6) is 0 Å². The zero-order valence-electron chi connectivity index (χ0n) is 16.8. The van der Waals surface area contributed by atoms with Crippen LogP contribution in [-0.4, -0.2) is 68.8 Å². The van der Waals surface area contributed by atoms with Crippen molar-refractivity contribution in [1.82, 2.24) is 9.21 Å². The van der Waals surface area contributed by atoms with Crippen molar-refractivity contribution in [2.75, 3.05) is 44.6 Å². The van der Waals surface area contributed by atoms with Crippen molar-refractivity contribution in [1.29, 1.82) is 0 Å². The number of amides is 1. The number of hydrogen-bond acceptors (Lipinski definition) is 7. The second-order valence-corrected chi connectivity index (χ2v) is 9.66.